The van der Waals surface area contributed by atoms with Crippen LogP contribution in [0, 0.1) is 0 Å². The van der Waals surface area contributed by atoms with Crippen LogP contribution in [-0.2, 0) is 0 Å². The normalized spacial score (nSPS) is 27.8. The summed E-state index contributed by atoms with van der Waals surface area (Å²) in [6.45, 7) is 0. The standard InChI is InChI=1S/C14H16Cl2N2O.ClH/c15-12-4-1-8(5-13(12)16)14(19)18-11-6-9-2-3-10(7-11)17-9;/h1,4-5,9-11,17H,2-3,6-7H2,(H,18,19);1H. The number of halogens is 3. The van der Waals surface area contributed by atoms with Crippen molar-refractivity contribution in [3.8, 4) is 0 Å². The van der Waals surface area contributed by atoms with Gasteiger partial charge in [-0.1, -0.05) is 23.2 Å². The van der Waals surface area contributed by atoms with E-state index in [1.54, 1.807) is 18.2 Å². The third kappa shape index (κ3) is 3.40. The Balaban J connectivity index is 0.00000147. The molecule has 2 saturated heterocycles. The van der Waals surface area contributed by atoms with E-state index in [1.165, 1.54) is 12.8 Å². The van der Waals surface area contributed by atoms with Crippen molar-refractivity contribution in [1.29, 1.82) is 0 Å². The summed E-state index contributed by atoms with van der Waals surface area (Å²) in [7, 11) is 0. The third-order valence-corrected chi connectivity index (χ3v) is 4.73. The Morgan fingerprint density at radius 2 is 1.80 bits per heavy atom. The molecule has 6 heteroatoms. The number of fused-ring (bicyclic) bond motifs is 2. The van der Waals surface area contributed by atoms with Crippen molar-refractivity contribution in [2.24, 2.45) is 0 Å². The van der Waals surface area contributed by atoms with Crippen LogP contribution >= 0.6 is 35.6 Å². The number of rotatable bonds is 2. The Morgan fingerprint density at radius 3 is 2.40 bits per heavy atom. The lowest BCUT2D eigenvalue weighted by Gasteiger charge is -2.29. The number of benzene rings is 1. The van der Waals surface area contributed by atoms with Crippen LogP contribution in [0.1, 0.15) is 36.0 Å². The van der Waals surface area contributed by atoms with Crippen molar-refractivity contribution in [2.45, 2.75) is 43.8 Å². The summed E-state index contributed by atoms with van der Waals surface area (Å²) in [6, 6.07) is 6.38. The number of piperidine rings is 1. The highest BCUT2D eigenvalue weighted by Gasteiger charge is 2.34. The van der Waals surface area contributed by atoms with Gasteiger partial charge in [0.1, 0.15) is 0 Å². The zero-order valence-corrected chi connectivity index (χ0v) is 13.2. The smallest absolute Gasteiger partial charge is 0.251 e. The van der Waals surface area contributed by atoms with Crippen molar-refractivity contribution in [3.05, 3.63) is 33.8 Å². The second-order valence-electron chi connectivity index (χ2n) is 5.41. The van der Waals surface area contributed by atoms with E-state index in [0.717, 1.165) is 12.8 Å². The van der Waals surface area contributed by atoms with Crippen LogP contribution in [0.3, 0.4) is 0 Å². The topological polar surface area (TPSA) is 41.1 Å². The largest absolute Gasteiger partial charge is 0.349 e. The first-order chi connectivity index (χ1) is 9.11. The van der Waals surface area contributed by atoms with Crippen LogP contribution in [0.2, 0.25) is 10.0 Å². The number of hydrogen-bond acceptors (Lipinski definition) is 2. The Morgan fingerprint density at radius 1 is 1.15 bits per heavy atom. The molecule has 2 aliphatic heterocycles. The fourth-order valence-electron chi connectivity index (χ4n) is 3.08. The van der Waals surface area contributed by atoms with E-state index in [-0.39, 0.29) is 24.4 Å². The molecule has 3 nitrogen and oxygen atoms in total. The molecule has 2 bridgehead atoms. The summed E-state index contributed by atoms with van der Waals surface area (Å²) in [5.41, 5.74) is 0.570. The molecule has 2 unspecified atom stereocenters. The first-order valence-corrected chi connectivity index (χ1v) is 7.39. The van der Waals surface area contributed by atoms with Gasteiger partial charge < -0.3 is 10.6 Å². The minimum absolute atomic E-state index is 0. The van der Waals surface area contributed by atoms with E-state index >= 15 is 0 Å². The monoisotopic (exact) mass is 334 g/mol. The van der Waals surface area contributed by atoms with E-state index < -0.39 is 0 Å². The molecule has 20 heavy (non-hydrogen) atoms. The molecule has 1 aromatic rings. The highest BCUT2D eigenvalue weighted by Crippen LogP contribution is 2.27. The average molecular weight is 336 g/mol. The minimum atomic E-state index is -0.0649. The quantitative estimate of drug-likeness (QED) is 0.869. The molecule has 3 rings (SSSR count). The van der Waals surface area contributed by atoms with Crippen LogP contribution < -0.4 is 10.6 Å². The van der Waals surface area contributed by atoms with Crippen molar-refractivity contribution >= 4 is 41.5 Å². The lowest BCUT2D eigenvalue weighted by Crippen LogP contribution is -2.48. The summed E-state index contributed by atoms with van der Waals surface area (Å²) in [4.78, 5) is 12.2. The second-order valence-corrected chi connectivity index (χ2v) is 6.22. The number of carbonyl (C=O) groups excluding carboxylic acids is 1. The Labute approximate surface area is 134 Å². The molecule has 2 fully saturated rings. The van der Waals surface area contributed by atoms with Gasteiger partial charge in [0, 0.05) is 23.7 Å². The van der Waals surface area contributed by atoms with Gasteiger partial charge in [0.2, 0.25) is 0 Å². The van der Waals surface area contributed by atoms with Crippen LogP contribution in [0.5, 0.6) is 0 Å². The summed E-state index contributed by atoms with van der Waals surface area (Å²) in [6.07, 6.45) is 4.49. The molecular weight excluding hydrogens is 319 g/mol. The average Bonchev–Trinajstić information content (AvgIpc) is 2.72. The highest BCUT2D eigenvalue weighted by atomic mass is 35.5. The van der Waals surface area contributed by atoms with E-state index in [4.69, 9.17) is 23.2 Å². The van der Waals surface area contributed by atoms with E-state index in [0.29, 0.717) is 27.7 Å². The van der Waals surface area contributed by atoms with Gasteiger partial charge in [-0.05, 0) is 43.9 Å². The van der Waals surface area contributed by atoms with Crippen LogP contribution in [0.4, 0.5) is 0 Å². The lowest BCUT2D eigenvalue weighted by molar-refractivity contribution is 0.0924. The Kier molecular flexibility index (Phi) is 5.19. The number of amides is 1. The maximum absolute atomic E-state index is 12.2. The van der Waals surface area contributed by atoms with Gasteiger partial charge >= 0.3 is 0 Å². The third-order valence-electron chi connectivity index (χ3n) is 3.99. The zero-order chi connectivity index (χ0) is 13.4. The Hall–Kier alpha value is -0.480. The maximum Gasteiger partial charge on any atom is 0.251 e. The summed E-state index contributed by atoms with van der Waals surface area (Å²) in [5, 5.41) is 7.55. The fraction of sp³-hybridized carbons (Fsp3) is 0.500. The molecule has 2 atom stereocenters. The van der Waals surface area contributed by atoms with Gasteiger partial charge in [-0.25, -0.2) is 0 Å². The summed E-state index contributed by atoms with van der Waals surface area (Å²) < 4.78 is 0. The van der Waals surface area contributed by atoms with Gasteiger partial charge in [-0.2, -0.15) is 0 Å². The molecule has 2 heterocycles. The van der Waals surface area contributed by atoms with Gasteiger partial charge in [0.25, 0.3) is 5.91 Å². The lowest BCUT2D eigenvalue weighted by atomic mass is 9.99. The van der Waals surface area contributed by atoms with Gasteiger partial charge in [-0.15, -0.1) is 12.4 Å². The van der Waals surface area contributed by atoms with Crippen LogP contribution in [-0.4, -0.2) is 24.0 Å². The van der Waals surface area contributed by atoms with E-state index in [1.807, 2.05) is 0 Å². The van der Waals surface area contributed by atoms with E-state index in [9.17, 15) is 4.79 Å². The molecule has 0 radical (unpaired) electrons. The molecule has 0 spiro atoms. The van der Waals surface area contributed by atoms with Gasteiger partial charge in [0.15, 0.2) is 0 Å². The van der Waals surface area contributed by atoms with Crippen molar-refractivity contribution in [1.82, 2.24) is 10.6 Å². The summed E-state index contributed by atoms with van der Waals surface area (Å²) in [5.74, 6) is -0.0649. The van der Waals surface area contributed by atoms with Crippen molar-refractivity contribution < 1.29 is 4.79 Å². The number of hydrogen-bond donors (Lipinski definition) is 2. The number of nitrogens with one attached hydrogen (secondary N) is 2. The Bertz CT molecular complexity index is 497. The first kappa shape index (κ1) is 15.9. The van der Waals surface area contributed by atoms with Gasteiger partial charge in [-0.3, -0.25) is 4.79 Å². The molecule has 1 aromatic carbocycles. The maximum atomic E-state index is 12.2. The second kappa shape index (κ2) is 6.52. The first-order valence-electron chi connectivity index (χ1n) is 6.64. The van der Waals surface area contributed by atoms with Crippen LogP contribution in [0.15, 0.2) is 18.2 Å². The molecule has 2 aliphatic rings. The molecule has 0 aromatic heterocycles. The summed E-state index contributed by atoms with van der Waals surface area (Å²) >= 11 is 11.8. The number of carbonyl (C=O) groups is 1. The van der Waals surface area contributed by atoms with Crippen molar-refractivity contribution in [2.75, 3.05) is 0 Å². The SMILES string of the molecule is Cl.O=C(NC1CC2CCC(C1)N2)c1ccc(Cl)c(Cl)c1. The molecule has 1 amide bonds. The van der Waals surface area contributed by atoms with Crippen molar-refractivity contribution in [3.63, 3.8) is 0 Å². The van der Waals surface area contributed by atoms with Crippen LogP contribution in [0.25, 0.3) is 0 Å². The predicted octanol–water partition coefficient (Wildman–Crippen LogP) is 3.43. The molecular formula is C14H17Cl3N2O. The minimum Gasteiger partial charge on any atom is -0.349 e. The molecule has 0 saturated carbocycles. The predicted molar refractivity (Wildman–Crippen MR) is 84.1 cm³/mol. The molecule has 0 aliphatic carbocycles. The zero-order valence-electron chi connectivity index (χ0n) is 10.9. The molecule has 2 N–H and O–H groups in total. The van der Waals surface area contributed by atoms with Gasteiger partial charge in [0.05, 0.1) is 10.0 Å². The van der Waals surface area contributed by atoms with E-state index in [2.05, 4.69) is 10.6 Å². The fourth-order valence-corrected chi connectivity index (χ4v) is 3.38. The molecule has 110 valence electrons. The highest BCUT2D eigenvalue weighted by molar-refractivity contribution is 6.42.